The van der Waals surface area contributed by atoms with Crippen LogP contribution in [0.25, 0.3) is 0 Å². The Morgan fingerprint density at radius 1 is 1.00 bits per heavy atom. The van der Waals surface area contributed by atoms with Gasteiger partial charge in [-0.3, -0.25) is 9.59 Å². The number of hydrogen-bond acceptors (Lipinski definition) is 4. The highest BCUT2D eigenvalue weighted by Gasteiger charge is 2.31. The fourth-order valence-corrected chi connectivity index (χ4v) is 2.54. The van der Waals surface area contributed by atoms with Crippen LogP contribution in [0.4, 0.5) is 18.9 Å². The monoisotopic (exact) mass is 424 g/mol. The average Bonchev–Trinajstić information content (AvgIpc) is 2.69. The quantitative estimate of drug-likeness (QED) is 0.573. The Hall–Kier alpha value is -3.07. The molecule has 0 saturated heterocycles. The van der Waals surface area contributed by atoms with E-state index in [0.717, 1.165) is 23.8 Å². The molecule has 0 unspecified atom stereocenters. The zero-order valence-electron chi connectivity index (χ0n) is 16.4. The molecule has 0 aromatic heterocycles. The summed E-state index contributed by atoms with van der Waals surface area (Å²) in [5.74, 6) is -0.705. The highest BCUT2D eigenvalue weighted by molar-refractivity contribution is 5.92. The minimum atomic E-state index is -4.56. The molecule has 0 heterocycles. The van der Waals surface area contributed by atoms with Gasteiger partial charge in [0.1, 0.15) is 12.4 Å². The Morgan fingerprint density at radius 2 is 1.73 bits per heavy atom. The predicted octanol–water partition coefficient (Wildman–Crippen LogP) is 3.42. The number of rotatable bonds is 10. The van der Waals surface area contributed by atoms with Gasteiger partial charge in [0.15, 0.2) is 0 Å². The van der Waals surface area contributed by atoms with Crippen LogP contribution in [0.1, 0.15) is 17.5 Å². The topological polar surface area (TPSA) is 76.7 Å². The van der Waals surface area contributed by atoms with Gasteiger partial charge in [-0.05, 0) is 23.8 Å². The molecule has 0 bridgehead atoms. The summed E-state index contributed by atoms with van der Waals surface area (Å²) in [6, 6.07) is 11.9. The van der Waals surface area contributed by atoms with Crippen molar-refractivity contribution in [1.82, 2.24) is 5.32 Å². The number of ether oxygens (including phenoxy) is 2. The Balaban J connectivity index is 1.92. The molecule has 0 aliphatic carbocycles. The normalized spacial score (nSPS) is 11.1. The van der Waals surface area contributed by atoms with Crippen molar-refractivity contribution in [2.45, 2.75) is 19.0 Å². The first-order chi connectivity index (χ1) is 14.3. The molecule has 0 fully saturated rings. The Kier molecular flexibility index (Phi) is 8.67. The van der Waals surface area contributed by atoms with Gasteiger partial charge in [-0.2, -0.15) is 13.2 Å². The molecule has 2 rings (SSSR count). The maximum Gasteiger partial charge on any atom is 0.416 e. The van der Waals surface area contributed by atoms with Gasteiger partial charge >= 0.3 is 6.18 Å². The number of hydrogen-bond donors (Lipinski definition) is 2. The number of halogens is 3. The second-order valence-corrected chi connectivity index (χ2v) is 6.36. The van der Waals surface area contributed by atoms with Crippen molar-refractivity contribution in [3.05, 3.63) is 59.7 Å². The van der Waals surface area contributed by atoms with Crippen LogP contribution in [0.2, 0.25) is 0 Å². The standard InChI is InChI=1S/C21H23F3N2O4/c1-29-11-12-30-18-8-7-16(21(22,23)24)14-17(18)26-19(27)9-10-25-20(28)13-15-5-3-2-4-6-15/h2-8,14H,9-13H2,1H3,(H,25,28)(H,26,27). The van der Waals surface area contributed by atoms with E-state index in [0.29, 0.717) is 0 Å². The fraction of sp³-hybridized carbons (Fsp3) is 0.333. The number of carbonyl (C=O) groups is 2. The molecular formula is C21H23F3N2O4. The van der Waals surface area contributed by atoms with E-state index < -0.39 is 17.6 Å². The second-order valence-electron chi connectivity index (χ2n) is 6.36. The smallest absolute Gasteiger partial charge is 0.416 e. The molecule has 2 N–H and O–H groups in total. The van der Waals surface area contributed by atoms with Gasteiger partial charge in [-0.1, -0.05) is 30.3 Å². The molecule has 162 valence electrons. The van der Waals surface area contributed by atoms with Crippen molar-refractivity contribution >= 4 is 17.5 Å². The zero-order valence-corrected chi connectivity index (χ0v) is 16.4. The number of nitrogens with one attached hydrogen (secondary N) is 2. The molecular weight excluding hydrogens is 401 g/mol. The summed E-state index contributed by atoms with van der Waals surface area (Å²) in [7, 11) is 1.46. The van der Waals surface area contributed by atoms with Gasteiger partial charge in [0, 0.05) is 20.1 Å². The summed E-state index contributed by atoms with van der Waals surface area (Å²) in [6.07, 6.45) is -4.49. The summed E-state index contributed by atoms with van der Waals surface area (Å²) >= 11 is 0. The maximum absolute atomic E-state index is 13.0. The van der Waals surface area contributed by atoms with Crippen molar-refractivity contribution < 1.29 is 32.2 Å². The van der Waals surface area contributed by atoms with Crippen molar-refractivity contribution in [2.24, 2.45) is 0 Å². The van der Waals surface area contributed by atoms with Crippen LogP contribution in [0.5, 0.6) is 5.75 Å². The Labute approximate surface area is 172 Å². The first kappa shape index (κ1) is 23.2. The molecule has 0 radical (unpaired) electrons. The van der Waals surface area contributed by atoms with E-state index in [4.69, 9.17) is 9.47 Å². The van der Waals surface area contributed by atoms with Crippen molar-refractivity contribution in [2.75, 3.05) is 32.2 Å². The lowest BCUT2D eigenvalue weighted by Gasteiger charge is -2.15. The van der Waals surface area contributed by atoms with Gasteiger partial charge < -0.3 is 20.1 Å². The number of alkyl halides is 3. The number of benzene rings is 2. The third-order valence-corrected chi connectivity index (χ3v) is 4.01. The van der Waals surface area contributed by atoms with E-state index in [9.17, 15) is 22.8 Å². The maximum atomic E-state index is 13.0. The highest BCUT2D eigenvalue weighted by Crippen LogP contribution is 2.35. The summed E-state index contributed by atoms with van der Waals surface area (Å²) in [4.78, 5) is 24.1. The summed E-state index contributed by atoms with van der Waals surface area (Å²) in [5.41, 5.74) is -0.170. The molecule has 2 aromatic rings. The van der Waals surface area contributed by atoms with Crippen LogP contribution in [-0.2, 0) is 26.9 Å². The molecule has 2 amide bonds. The van der Waals surface area contributed by atoms with Crippen LogP contribution in [0.15, 0.2) is 48.5 Å². The van der Waals surface area contributed by atoms with Crippen molar-refractivity contribution in [1.29, 1.82) is 0 Å². The minimum Gasteiger partial charge on any atom is -0.489 e. The third kappa shape index (κ3) is 7.75. The van der Waals surface area contributed by atoms with Crippen LogP contribution in [0.3, 0.4) is 0 Å². The molecule has 0 aliphatic rings. The summed E-state index contributed by atoms with van der Waals surface area (Å²) < 4.78 is 49.2. The number of amides is 2. The van der Waals surface area contributed by atoms with Gasteiger partial charge in [-0.15, -0.1) is 0 Å². The van der Waals surface area contributed by atoms with Crippen molar-refractivity contribution in [3.63, 3.8) is 0 Å². The molecule has 9 heteroatoms. The molecule has 0 spiro atoms. The first-order valence-electron chi connectivity index (χ1n) is 9.23. The minimum absolute atomic E-state index is 0.0519. The summed E-state index contributed by atoms with van der Waals surface area (Å²) in [5, 5.41) is 5.03. The second kappa shape index (κ2) is 11.2. The van der Waals surface area contributed by atoms with Gasteiger partial charge in [-0.25, -0.2) is 0 Å². The first-order valence-corrected chi connectivity index (χ1v) is 9.23. The van der Waals surface area contributed by atoms with Crippen LogP contribution < -0.4 is 15.4 Å². The van der Waals surface area contributed by atoms with Crippen LogP contribution in [-0.4, -0.2) is 38.7 Å². The van der Waals surface area contributed by atoms with E-state index in [2.05, 4.69) is 10.6 Å². The van der Waals surface area contributed by atoms with Crippen LogP contribution in [0, 0.1) is 0 Å². The van der Waals surface area contributed by atoms with Gasteiger partial charge in [0.25, 0.3) is 0 Å². The lowest BCUT2D eigenvalue weighted by Crippen LogP contribution is -2.29. The van der Waals surface area contributed by atoms with Crippen LogP contribution >= 0.6 is 0 Å². The van der Waals surface area contributed by atoms with Gasteiger partial charge in [0.05, 0.1) is 24.3 Å². The van der Waals surface area contributed by atoms with Gasteiger partial charge in [0.2, 0.25) is 11.8 Å². The Morgan fingerprint density at radius 3 is 2.40 bits per heavy atom. The number of anilines is 1. The molecule has 30 heavy (non-hydrogen) atoms. The van der Waals surface area contributed by atoms with E-state index in [1.807, 2.05) is 30.3 Å². The molecule has 0 atom stereocenters. The van der Waals surface area contributed by atoms with E-state index in [1.165, 1.54) is 7.11 Å². The number of carbonyl (C=O) groups excluding carboxylic acids is 2. The van der Waals surface area contributed by atoms with E-state index in [1.54, 1.807) is 0 Å². The fourth-order valence-electron chi connectivity index (χ4n) is 2.54. The number of methoxy groups -OCH3 is 1. The summed E-state index contributed by atoms with van der Waals surface area (Å²) in [6.45, 7) is 0.401. The third-order valence-electron chi connectivity index (χ3n) is 4.01. The lowest BCUT2D eigenvalue weighted by molar-refractivity contribution is -0.137. The largest absolute Gasteiger partial charge is 0.489 e. The Bertz CT molecular complexity index is 842. The molecule has 0 aliphatic heterocycles. The predicted molar refractivity (Wildman–Crippen MR) is 105 cm³/mol. The van der Waals surface area contributed by atoms with E-state index >= 15 is 0 Å². The highest BCUT2D eigenvalue weighted by atomic mass is 19.4. The lowest BCUT2D eigenvalue weighted by atomic mass is 10.1. The van der Waals surface area contributed by atoms with Crippen molar-refractivity contribution in [3.8, 4) is 5.75 Å². The van der Waals surface area contributed by atoms with E-state index in [-0.39, 0.29) is 49.9 Å². The average molecular weight is 424 g/mol. The molecule has 2 aromatic carbocycles. The molecule has 6 nitrogen and oxygen atoms in total. The molecule has 0 saturated carbocycles. The zero-order chi connectivity index (χ0) is 22.0. The SMILES string of the molecule is COCCOc1ccc(C(F)(F)F)cc1NC(=O)CCNC(=O)Cc1ccccc1.